The van der Waals surface area contributed by atoms with Crippen molar-refractivity contribution in [3.8, 4) is 0 Å². The zero-order valence-electron chi connectivity index (χ0n) is 32.0. The zero-order valence-corrected chi connectivity index (χ0v) is 32.0. The van der Waals surface area contributed by atoms with Crippen molar-refractivity contribution in [1.82, 2.24) is 0 Å². The van der Waals surface area contributed by atoms with Crippen LogP contribution in [0, 0.1) is 0 Å². The normalized spacial score (nSPS) is 10.2. The van der Waals surface area contributed by atoms with Gasteiger partial charge in [-0.05, 0) is 19.3 Å². The molecule has 0 fully saturated rings. The Labute approximate surface area is 440 Å². The summed E-state index contributed by atoms with van der Waals surface area (Å²) >= 11 is 0. The Morgan fingerprint density at radius 3 is 0.700 bits per heavy atom. The molecule has 0 saturated heterocycles. The predicted octanol–water partition coefficient (Wildman–Crippen LogP) is 12.3. The van der Waals surface area contributed by atoms with Crippen molar-refractivity contribution < 1.29 is 24.2 Å². The molecule has 0 aliphatic heterocycles. The number of aliphatic carboxylic acids is 1. The van der Waals surface area contributed by atoms with Crippen LogP contribution in [0.15, 0.2) is 0 Å². The molecule has 0 amide bonds. The molecule has 5 nitrogen and oxygen atoms in total. The van der Waals surface area contributed by atoms with E-state index in [2.05, 4.69) is 20.8 Å². The average Bonchev–Trinajstić information content (AvgIpc) is 3.05. The van der Waals surface area contributed by atoms with E-state index in [1.54, 1.807) is 0 Å². The van der Waals surface area contributed by atoms with Gasteiger partial charge in [0.05, 0.1) is 0 Å². The Bertz CT molecular complexity index is 663. The number of carboxylic acid groups (broad SMARTS) is 1. The first kappa shape index (κ1) is 62.7. The van der Waals surface area contributed by atoms with Gasteiger partial charge >= 0.3 is 172 Å². The molecule has 286 valence electrons. The quantitative estimate of drug-likeness (QED) is 0.0296. The summed E-state index contributed by atoms with van der Waals surface area (Å²) in [7, 11) is 0. The molecule has 0 aromatic carbocycles. The first-order chi connectivity index (χ1) is 23.0. The van der Waals surface area contributed by atoms with Crippen LogP contribution in [0.4, 0.5) is 0 Å². The molecule has 0 aromatic heterocycles. The van der Waals surface area contributed by atoms with E-state index in [1.165, 1.54) is 173 Å². The van der Waals surface area contributed by atoms with Gasteiger partial charge in [-0.2, -0.15) is 0 Å². The van der Waals surface area contributed by atoms with Gasteiger partial charge in [0.15, 0.2) is 0 Å². The van der Waals surface area contributed by atoms with E-state index in [4.69, 9.17) is 9.84 Å². The summed E-state index contributed by atoms with van der Waals surface area (Å²) in [5, 5.41) is 8.49. The van der Waals surface area contributed by atoms with Gasteiger partial charge in [0.2, 0.25) is 0 Å². The maximum absolute atomic E-state index is 11.7. The van der Waals surface area contributed by atoms with Crippen molar-refractivity contribution in [3.05, 3.63) is 0 Å². The van der Waals surface area contributed by atoms with Crippen molar-refractivity contribution in [2.24, 2.45) is 0 Å². The molecular weight excluding hydrogens is 702 g/mol. The molecule has 0 saturated carbocycles. The van der Waals surface area contributed by atoms with Gasteiger partial charge in [-0.25, -0.2) is 0 Å². The number of esters is 2. The third kappa shape index (κ3) is 60.8. The molecule has 8 heteroatoms. The summed E-state index contributed by atoms with van der Waals surface area (Å²) in [6, 6.07) is 0. The molecule has 0 rings (SSSR count). The van der Waals surface area contributed by atoms with Crippen LogP contribution < -0.4 is 0 Å². The van der Waals surface area contributed by atoms with Crippen molar-refractivity contribution in [1.29, 1.82) is 0 Å². The van der Waals surface area contributed by atoms with Crippen molar-refractivity contribution in [2.45, 2.75) is 252 Å². The van der Waals surface area contributed by atoms with Crippen LogP contribution in [0.25, 0.3) is 0 Å². The Morgan fingerprint density at radius 2 is 0.500 bits per heavy atom. The second kappa shape index (κ2) is 56.8. The second-order valence-corrected chi connectivity index (χ2v) is 14.1. The topological polar surface area (TPSA) is 80.7 Å². The summed E-state index contributed by atoms with van der Waals surface area (Å²) in [5.41, 5.74) is 0. The molecule has 0 heterocycles. The molecule has 0 bridgehead atoms. The average molecular weight is 787 g/mol. The zero-order chi connectivity index (χ0) is 34.9. The van der Waals surface area contributed by atoms with Gasteiger partial charge in [-0.15, -0.1) is 0 Å². The van der Waals surface area contributed by atoms with Gasteiger partial charge in [0.1, 0.15) is 0 Å². The number of ether oxygens (including phenoxy) is 1. The fourth-order valence-electron chi connectivity index (χ4n) is 6.04. The molecular formula is C42H85K3O5. The molecule has 0 atom stereocenters. The van der Waals surface area contributed by atoms with Crippen molar-refractivity contribution in [3.63, 3.8) is 0 Å². The number of rotatable bonds is 36. The van der Waals surface area contributed by atoms with Crippen molar-refractivity contribution >= 4 is 172 Å². The van der Waals surface area contributed by atoms with Crippen molar-refractivity contribution in [2.75, 3.05) is 0 Å². The molecule has 0 aliphatic carbocycles. The van der Waals surface area contributed by atoms with Crippen LogP contribution in [0.5, 0.6) is 0 Å². The minimum absolute atomic E-state index is 0. The van der Waals surface area contributed by atoms with Gasteiger partial charge in [-0.1, -0.05) is 213 Å². The number of carbonyl (C=O) groups is 3. The van der Waals surface area contributed by atoms with Crippen LogP contribution in [-0.4, -0.2) is 177 Å². The third-order valence-electron chi connectivity index (χ3n) is 9.19. The van der Waals surface area contributed by atoms with E-state index in [0.717, 1.165) is 38.5 Å². The standard InChI is InChI=1S/C26H50O3.C16H32O2.3K.3H/c1-3-5-7-9-11-13-14-16-18-20-22-24-26(28)29-25(27)23-21-19-17-15-12-10-8-6-4-2;1-2-3-4-5-6-7-8-9-10-11-12-13-14-15-16(17)18;;;;;;/h3-24H2,1-2H3;2-15H2,1H3,(H,17,18);;;;;;. The van der Waals surface area contributed by atoms with Crippen LogP contribution in [0.1, 0.15) is 252 Å². The summed E-state index contributed by atoms with van der Waals surface area (Å²) in [6.45, 7) is 6.75. The van der Waals surface area contributed by atoms with Gasteiger partial charge in [-0.3, -0.25) is 14.4 Å². The Kier molecular flexibility index (Phi) is 71.3. The summed E-state index contributed by atoms with van der Waals surface area (Å²) in [5.74, 6) is -1.32. The Balaban J connectivity index is -0.000000280. The Morgan fingerprint density at radius 1 is 0.320 bits per heavy atom. The molecule has 0 spiro atoms. The third-order valence-corrected chi connectivity index (χ3v) is 9.19. The number of hydrogen-bond acceptors (Lipinski definition) is 4. The summed E-state index contributed by atoms with van der Waals surface area (Å²) < 4.78 is 4.94. The SMILES string of the molecule is CCCCCCCCCCCCCC(=O)OC(=O)CCCCCCCCCCC.CCCCCCCCCCCCCCCC(=O)O.[KH].[KH].[KH]. The molecule has 0 aromatic rings. The fourth-order valence-corrected chi connectivity index (χ4v) is 6.04. The van der Waals surface area contributed by atoms with Gasteiger partial charge in [0.25, 0.3) is 0 Å². The monoisotopic (exact) mass is 787 g/mol. The molecule has 1 N–H and O–H groups in total. The molecule has 0 radical (unpaired) electrons. The van der Waals surface area contributed by atoms with E-state index in [9.17, 15) is 14.4 Å². The first-order valence-electron chi connectivity index (χ1n) is 20.9. The Hall–Kier alpha value is 3.52. The minimum atomic E-state index is -0.655. The second-order valence-electron chi connectivity index (χ2n) is 14.1. The molecule has 0 unspecified atom stereocenters. The number of carboxylic acids is 1. The summed E-state index contributed by atoms with van der Waals surface area (Å²) in [6.07, 6.45) is 42.9. The van der Waals surface area contributed by atoms with Crippen LogP contribution in [-0.2, 0) is 19.1 Å². The maximum atomic E-state index is 11.7. The van der Waals surface area contributed by atoms with Crippen LogP contribution in [0.2, 0.25) is 0 Å². The number of carbonyl (C=O) groups excluding carboxylic acids is 2. The van der Waals surface area contributed by atoms with E-state index >= 15 is 0 Å². The van der Waals surface area contributed by atoms with E-state index < -0.39 is 5.97 Å². The first-order valence-corrected chi connectivity index (χ1v) is 20.9. The molecule has 50 heavy (non-hydrogen) atoms. The summed E-state index contributed by atoms with van der Waals surface area (Å²) in [4.78, 5) is 33.8. The fraction of sp³-hybridized carbons (Fsp3) is 0.929. The van der Waals surface area contributed by atoms with Crippen LogP contribution >= 0.6 is 0 Å². The van der Waals surface area contributed by atoms with Crippen LogP contribution in [0.3, 0.4) is 0 Å². The molecule has 0 aliphatic rings. The van der Waals surface area contributed by atoms with Gasteiger partial charge < -0.3 is 9.84 Å². The van der Waals surface area contributed by atoms with E-state index in [-0.39, 0.29) is 166 Å². The predicted molar refractivity (Wildman–Crippen MR) is 223 cm³/mol. The van der Waals surface area contributed by atoms with E-state index in [0.29, 0.717) is 19.3 Å². The van der Waals surface area contributed by atoms with E-state index in [1.807, 2.05) is 0 Å². The number of unbranched alkanes of at least 4 members (excludes halogenated alkanes) is 30. The number of hydrogen-bond donors (Lipinski definition) is 1. The van der Waals surface area contributed by atoms with Gasteiger partial charge in [0, 0.05) is 19.3 Å².